The lowest BCUT2D eigenvalue weighted by Crippen LogP contribution is -1.93. The summed E-state index contributed by atoms with van der Waals surface area (Å²) in [6.45, 7) is 0. The zero-order chi connectivity index (χ0) is 27.4. The minimum atomic E-state index is 0.293. The van der Waals surface area contributed by atoms with Gasteiger partial charge in [0.2, 0.25) is 0 Å². The molecule has 5 aromatic heterocycles. The van der Waals surface area contributed by atoms with Gasteiger partial charge in [0.25, 0.3) is 11.8 Å². The van der Waals surface area contributed by atoms with Crippen LogP contribution in [0.1, 0.15) is 0 Å². The molecule has 0 aliphatic heterocycles. The maximum atomic E-state index is 6.23. The van der Waals surface area contributed by atoms with Crippen molar-refractivity contribution in [2.24, 2.45) is 0 Å². The van der Waals surface area contributed by atoms with Crippen molar-refractivity contribution in [2.75, 3.05) is 0 Å². The standard InChI is InChI=1S/C34H22N6O/c1-3-11-23(12-4-1)25-19-29(27-15-7-9-17-35-27)37-31(21-25)33-39-40-34(41-33)32-22-26(24-13-5-2-6-14-24)20-30(38-32)28-16-8-10-18-36-28/h1-22H. The third-order valence-electron chi connectivity index (χ3n) is 6.58. The lowest BCUT2D eigenvalue weighted by molar-refractivity contribution is 0.580. The highest BCUT2D eigenvalue weighted by atomic mass is 16.4. The smallest absolute Gasteiger partial charge is 0.266 e. The largest absolute Gasteiger partial charge is 0.413 e. The average Bonchev–Trinajstić information content (AvgIpc) is 3.57. The van der Waals surface area contributed by atoms with E-state index in [1.165, 1.54) is 0 Å². The molecule has 7 rings (SSSR count). The fourth-order valence-electron chi connectivity index (χ4n) is 4.60. The second-order valence-corrected chi connectivity index (χ2v) is 9.33. The van der Waals surface area contributed by atoms with E-state index >= 15 is 0 Å². The molecule has 41 heavy (non-hydrogen) atoms. The zero-order valence-electron chi connectivity index (χ0n) is 21.8. The highest BCUT2D eigenvalue weighted by Gasteiger charge is 2.18. The van der Waals surface area contributed by atoms with Crippen LogP contribution in [0.2, 0.25) is 0 Å². The Hall–Kier alpha value is -5.82. The van der Waals surface area contributed by atoms with Gasteiger partial charge in [-0.1, -0.05) is 72.8 Å². The fourth-order valence-corrected chi connectivity index (χ4v) is 4.60. The summed E-state index contributed by atoms with van der Waals surface area (Å²) in [5, 5.41) is 8.76. The van der Waals surface area contributed by atoms with Gasteiger partial charge in [0.05, 0.1) is 22.8 Å². The van der Waals surface area contributed by atoms with Crippen molar-refractivity contribution in [2.45, 2.75) is 0 Å². The Morgan fingerprint density at radius 1 is 0.366 bits per heavy atom. The average molecular weight is 531 g/mol. The van der Waals surface area contributed by atoms with Crippen molar-refractivity contribution in [3.05, 3.63) is 134 Å². The first kappa shape index (κ1) is 24.2. The first-order valence-corrected chi connectivity index (χ1v) is 13.1. The van der Waals surface area contributed by atoms with Crippen LogP contribution in [0.3, 0.4) is 0 Å². The predicted octanol–water partition coefficient (Wildman–Crippen LogP) is 7.65. The summed E-state index contributed by atoms with van der Waals surface area (Å²) in [6.07, 6.45) is 3.50. The molecular weight excluding hydrogens is 508 g/mol. The molecule has 194 valence electrons. The predicted molar refractivity (Wildman–Crippen MR) is 158 cm³/mol. The van der Waals surface area contributed by atoms with Crippen LogP contribution >= 0.6 is 0 Å². The van der Waals surface area contributed by atoms with E-state index < -0.39 is 0 Å². The number of benzene rings is 2. The van der Waals surface area contributed by atoms with Crippen LogP contribution in [0.4, 0.5) is 0 Å². The summed E-state index contributed by atoms with van der Waals surface area (Å²) in [7, 11) is 0. The second kappa shape index (κ2) is 10.7. The van der Waals surface area contributed by atoms with Gasteiger partial charge in [0.1, 0.15) is 11.4 Å². The molecule has 7 aromatic rings. The third-order valence-corrected chi connectivity index (χ3v) is 6.58. The highest BCUT2D eigenvalue weighted by Crippen LogP contribution is 2.32. The normalized spacial score (nSPS) is 10.9. The minimum absolute atomic E-state index is 0.293. The molecule has 0 saturated carbocycles. The highest BCUT2D eigenvalue weighted by molar-refractivity contribution is 5.75. The van der Waals surface area contributed by atoms with Gasteiger partial charge in [0, 0.05) is 12.4 Å². The second-order valence-electron chi connectivity index (χ2n) is 9.33. The van der Waals surface area contributed by atoms with E-state index in [4.69, 9.17) is 14.4 Å². The lowest BCUT2D eigenvalue weighted by Gasteiger charge is -2.08. The Labute approximate surface area is 236 Å². The summed E-state index contributed by atoms with van der Waals surface area (Å²) in [6, 6.07) is 39.7. The SMILES string of the molecule is c1ccc(-c2cc(-c3ccccn3)nc(-c3nnc(-c4cc(-c5ccccc5)cc(-c5ccccn5)n4)o3)c2)cc1. The zero-order valence-corrected chi connectivity index (χ0v) is 21.8. The molecule has 0 fully saturated rings. The number of aromatic nitrogens is 6. The molecule has 5 heterocycles. The molecule has 7 heteroatoms. The van der Waals surface area contributed by atoms with Crippen LogP contribution in [0.5, 0.6) is 0 Å². The Bertz CT molecular complexity index is 1670. The molecule has 7 nitrogen and oxygen atoms in total. The molecule has 0 aliphatic carbocycles. The first-order chi connectivity index (χ1) is 20.3. The summed E-state index contributed by atoms with van der Waals surface area (Å²) >= 11 is 0. The van der Waals surface area contributed by atoms with E-state index in [2.05, 4.69) is 44.4 Å². The minimum Gasteiger partial charge on any atom is -0.413 e. The van der Waals surface area contributed by atoms with Gasteiger partial charge < -0.3 is 4.42 Å². The van der Waals surface area contributed by atoms with Crippen molar-refractivity contribution in [3.63, 3.8) is 0 Å². The molecule has 0 saturated heterocycles. The van der Waals surface area contributed by atoms with Crippen molar-refractivity contribution in [1.29, 1.82) is 0 Å². The molecule has 0 radical (unpaired) electrons. The number of hydrogen-bond acceptors (Lipinski definition) is 7. The quantitative estimate of drug-likeness (QED) is 0.218. The molecule has 2 aromatic carbocycles. The Morgan fingerprint density at radius 2 is 0.780 bits per heavy atom. The van der Waals surface area contributed by atoms with Crippen LogP contribution in [0.15, 0.2) is 138 Å². The number of nitrogens with zero attached hydrogens (tertiary/aromatic N) is 6. The maximum absolute atomic E-state index is 6.23. The summed E-state index contributed by atoms with van der Waals surface area (Å²) in [4.78, 5) is 18.7. The summed E-state index contributed by atoms with van der Waals surface area (Å²) in [5.41, 5.74) is 8.06. The van der Waals surface area contributed by atoms with E-state index in [0.29, 0.717) is 34.6 Å². The molecule has 0 spiro atoms. The van der Waals surface area contributed by atoms with E-state index in [1.807, 2.05) is 97.1 Å². The number of hydrogen-bond donors (Lipinski definition) is 0. The monoisotopic (exact) mass is 530 g/mol. The van der Waals surface area contributed by atoms with Gasteiger partial charge in [0.15, 0.2) is 0 Å². The van der Waals surface area contributed by atoms with E-state index in [9.17, 15) is 0 Å². The van der Waals surface area contributed by atoms with E-state index in [0.717, 1.165) is 33.6 Å². The maximum Gasteiger partial charge on any atom is 0.266 e. The molecule has 0 bridgehead atoms. The van der Waals surface area contributed by atoms with Crippen LogP contribution in [0, 0.1) is 0 Å². The molecular formula is C34H22N6O. The topological polar surface area (TPSA) is 90.5 Å². The number of pyridine rings is 4. The van der Waals surface area contributed by atoms with Gasteiger partial charge in [-0.15, -0.1) is 10.2 Å². The van der Waals surface area contributed by atoms with Crippen molar-refractivity contribution < 1.29 is 4.42 Å². The van der Waals surface area contributed by atoms with Gasteiger partial charge in [-0.05, 0) is 70.8 Å². The van der Waals surface area contributed by atoms with Crippen molar-refractivity contribution in [3.8, 4) is 68.2 Å². The number of rotatable bonds is 6. The van der Waals surface area contributed by atoms with E-state index in [-0.39, 0.29) is 0 Å². The van der Waals surface area contributed by atoms with Crippen LogP contribution in [-0.4, -0.2) is 30.1 Å². The summed E-state index contributed by atoms with van der Waals surface area (Å²) < 4.78 is 6.23. The molecule has 0 amide bonds. The van der Waals surface area contributed by atoms with Gasteiger partial charge in [-0.2, -0.15) is 0 Å². The first-order valence-electron chi connectivity index (χ1n) is 13.1. The van der Waals surface area contributed by atoms with E-state index in [1.54, 1.807) is 12.4 Å². The summed E-state index contributed by atoms with van der Waals surface area (Å²) in [5.74, 6) is 0.586. The fraction of sp³-hybridized carbons (Fsp3) is 0. The Morgan fingerprint density at radius 3 is 1.20 bits per heavy atom. The van der Waals surface area contributed by atoms with Crippen molar-refractivity contribution in [1.82, 2.24) is 30.1 Å². The molecule has 0 aliphatic rings. The van der Waals surface area contributed by atoms with Gasteiger partial charge >= 0.3 is 0 Å². The third kappa shape index (κ3) is 5.12. The van der Waals surface area contributed by atoms with Crippen LogP contribution in [0.25, 0.3) is 68.2 Å². The Balaban J connectivity index is 1.34. The molecule has 0 N–H and O–H groups in total. The molecule has 0 atom stereocenters. The van der Waals surface area contributed by atoms with Crippen LogP contribution < -0.4 is 0 Å². The molecule has 0 unspecified atom stereocenters. The van der Waals surface area contributed by atoms with Crippen LogP contribution in [-0.2, 0) is 0 Å². The Kier molecular flexibility index (Phi) is 6.35. The lowest BCUT2D eigenvalue weighted by atomic mass is 10.0. The van der Waals surface area contributed by atoms with Crippen molar-refractivity contribution >= 4 is 0 Å². The van der Waals surface area contributed by atoms with Gasteiger partial charge in [-0.25, -0.2) is 9.97 Å². The van der Waals surface area contributed by atoms with Gasteiger partial charge in [-0.3, -0.25) is 9.97 Å².